The van der Waals surface area contributed by atoms with Gasteiger partial charge in [-0.05, 0) is 240 Å². The molecule has 16 fully saturated rings. The predicted molar refractivity (Wildman–Crippen MR) is 168 cm³/mol. The quantitative estimate of drug-likeness (QED) is 0.300. The van der Waals surface area contributed by atoms with Crippen molar-refractivity contribution in [2.24, 2.45) is 91.2 Å². The number of hydrogen-bond acceptors (Lipinski definition) is 0. The van der Waals surface area contributed by atoms with Crippen LogP contribution in [0.3, 0.4) is 0 Å². The molecule has 0 saturated heterocycles. The van der Waals surface area contributed by atoms with Crippen LogP contribution in [0.1, 0.15) is 154 Å². The first kappa shape index (κ1) is 24.7. The first-order valence-corrected chi connectivity index (χ1v) is 19.7. The van der Waals surface area contributed by atoms with E-state index in [0.29, 0.717) is 16.2 Å². The Balaban J connectivity index is 0.969. The Bertz CT molecular complexity index is 1210. The molecular weight excluding hydrogens is 504 g/mol. The van der Waals surface area contributed by atoms with Crippen LogP contribution in [0.15, 0.2) is 0 Å². The van der Waals surface area contributed by atoms with Gasteiger partial charge in [0, 0.05) is 5.41 Å². The summed E-state index contributed by atoms with van der Waals surface area (Å²) in [6.07, 6.45) is 45.4. The van der Waals surface area contributed by atoms with E-state index in [4.69, 9.17) is 6.42 Å². The molecule has 0 spiro atoms. The molecule has 16 rings (SSSR count). The van der Waals surface area contributed by atoms with Gasteiger partial charge in [-0.1, -0.05) is 5.92 Å². The Labute approximate surface area is 257 Å². The molecule has 0 N–H and O–H groups in total. The predicted octanol–water partition coefficient (Wildman–Crippen LogP) is 10.6. The fourth-order valence-corrected chi connectivity index (χ4v) is 20.8. The van der Waals surface area contributed by atoms with Crippen LogP contribution in [0.5, 0.6) is 0 Å². The van der Waals surface area contributed by atoms with E-state index in [-0.39, 0.29) is 0 Å². The van der Waals surface area contributed by atoms with Gasteiger partial charge in [0.05, 0.1) is 0 Å². The second-order valence-corrected chi connectivity index (χ2v) is 21.9. The summed E-state index contributed by atoms with van der Waals surface area (Å²) in [5.74, 6) is 13.2. The van der Waals surface area contributed by atoms with Crippen molar-refractivity contribution in [1.29, 1.82) is 0 Å². The van der Waals surface area contributed by atoms with Crippen molar-refractivity contribution in [1.82, 2.24) is 0 Å². The lowest BCUT2D eigenvalue weighted by Gasteiger charge is -2.79. The third-order valence-electron chi connectivity index (χ3n) is 19.9. The maximum absolute atomic E-state index is 6.49. The van der Waals surface area contributed by atoms with Crippen molar-refractivity contribution >= 4 is 0 Å². The van der Waals surface area contributed by atoms with Crippen molar-refractivity contribution in [3.63, 3.8) is 0 Å². The summed E-state index contributed by atoms with van der Waals surface area (Å²) in [4.78, 5) is 0. The van der Waals surface area contributed by atoms with Crippen LogP contribution in [0.4, 0.5) is 0 Å². The lowest BCUT2D eigenvalue weighted by atomic mass is 9.25. The molecule has 16 saturated carbocycles. The van der Waals surface area contributed by atoms with E-state index in [0.717, 1.165) is 74.9 Å². The Morgan fingerprint density at radius 3 is 0.929 bits per heavy atom. The SMILES string of the molecule is C#CC12CC3CC(C1)CC(C14CC5CC(C1)CC(C16CC7CC(CC(C89CC%10CC(CC(C%10)C8)C9)(C7)C1)C6)(C5)C4)(C3)C2. The Hall–Kier alpha value is -0.440. The van der Waals surface area contributed by atoms with Gasteiger partial charge in [-0.15, -0.1) is 6.42 Å². The molecule has 16 aliphatic carbocycles. The highest BCUT2D eigenvalue weighted by molar-refractivity contribution is 5.27. The van der Waals surface area contributed by atoms with Gasteiger partial charge in [0.25, 0.3) is 0 Å². The highest BCUT2D eigenvalue weighted by Gasteiger charge is 2.76. The molecule has 6 unspecified atom stereocenters. The zero-order valence-electron chi connectivity index (χ0n) is 26.7. The van der Waals surface area contributed by atoms with Gasteiger partial charge < -0.3 is 0 Å². The molecule has 0 heterocycles. The molecule has 16 bridgehead atoms. The Morgan fingerprint density at radius 1 is 0.310 bits per heavy atom. The standard InChI is InChI=1S/C42H58/c1-2-36-9-30-6-31(10-36)15-38(14-30,24-36)40-18-34-8-35(19-40)23-42(22-34,26-40)41-20-32-7-33(21-41)17-39(16-32,25-41)37-11-27-3-28(12-37)5-29(4-27)13-37/h1,27-35H,3-26H2. The van der Waals surface area contributed by atoms with Crippen LogP contribution in [-0.4, -0.2) is 0 Å². The van der Waals surface area contributed by atoms with Crippen LogP contribution < -0.4 is 0 Å². The lowest BCUT2D eigenvalue weighted by Crippen LogP contribution is -2.70. The van der Waals surface area contributed by atoms with Crippen LogP contribution >= 0.6 is 0 Å². The van der Waals surface area contributed by atoms with Gasteiger partial charge >= 0.3 is 0 Å². The van der Waals surface area contributed by atoms with E-state index in [1.54, 1.807) is 135 Å². The summed E-state index contributed by atoms with van der Waals surface area (Å²) < 4.78 is 0. The van der Waals surface area contributed by atoms with Gasteiger partial charge in [-0.25, -0.2) is 0 Å². The van der Waals surface area contributed by atoms with Gasteiger partial charge in [0.1, 0.15) is 0 Å². The molecule has 0 heteroatoms. The molecule has 6 atom stereocenters. The van der Waals surface area contributed by atoms with E-state index < -0.39 is 0 Å². The molecule has 0 aliphatic heterocycles. The summed E-state index contributed by atoms with van der Waals surface area (Å²) in [6, 6.07) is 0. The maximum Gasteiger partial charge on any atom is 0.0322 e. The minimum Gasteiger partial charge on any atom is -0.120 e. The molecule has 226 valence electrons. The van der Waals surface area contributed by atoms with Gasteiger partial charge in [0.2, 0.25) is 0 Å². The zero-order valence-corrected chi connectivity index (χ0v) is 26.7. The number of terminal acetylenes is 1. The molecule has 0 aromatic rings. The summed E-state index contributed by atoms with van der Waals surface area (Å²) in [6.45, 7) is 0. The first-order chi connectivity index (χ1) is 20.3. The average molecular weight is 563 g/mol. The number of rotatable bonds is 3. The molecule has 0 nitrogen and oxygen atoms in total. The molecule has 0 aromatic heterocycles. The summed E-state index contributed by atoms with van der Waals surface area (Å²) in [7, 11) is 0. The summed E-state index contributed by atoms with van der Waals surface area (Å²) >= 11 is 0. The van der Waals surface area contributed by atoms with Gasteiger partial charge in [-0.2, -0.15) is 0 Å². The van der Waals surface area contributed by atoms with Crippen LogP contribution in [0.25, 0.3) is 0 Å². The smallest absolute Gasteiger partial charge is 0.0322 e. The molecule has 0 amide bonds. The normalized spacial score (nSPS) is 69.0. The van der Waals surface area contributed by atoms with E-state index in [2.05, 4.69) is 5.92 Å². The highest BCUT2D eigenvalue weighted by atomic mass is 14.8. The third-order valence-corrected chi connectivity index (χ3v) is 19.9. The van der Waals surface area contributed by atoms with Crippen LogP contribution in [-0.2, 0) is 0 Å². The van der Waals surface area contributed by atoms with Crippen molar-refractivity contribution < 1.29 is 0 Å². The monoisotopic (exact) mass is 562 g/mol. The molecule has 0 radical (unpaired) electrons. The molecule has 42 heavy (non-hydrogen) atoms. The van der Waals surface area contributed by atoms with Gasteiger partial charge in [-0.3, -0.25) is 0 Å². The highest BCUT2D eigenvalue weighted by Crippen LogP contribution is 2.86. The average Bonchev–Trinajstić information content (AvgIpc) is 2.90. The van der Waals surface area contributed by atoms with Crippen molar-refractivity contribution in [3.8, 4) is 12.3 Å². The van der Waals surface area contributed by atoms with Crippen molar-refractivity contribution in [3.05, 3.63) is 0 Å². The largest absolute Gasteiger partial charge is 0.120 e. The Morgan fingerprint density at radius 2 is 0.571 bits per heavy atom. The molecule has 16 aliphatic rings. The summed E-state index contributed by atoms with van der Waals surface area (Å²) in [5, 5.41) is 0. The van der Waals surface area contributed by atoms with E-state index in [9.17, 15) is 0 Å². The molecule has 0 aromatic carbocycles. The minimum atomic E-state index is 0.295. The number of hydrogen-bond donors (Lipinski definition) is 0. The zero-order chi connectivity index (χ0) is 27.4. The van der Waals surface area contributed by atoms with Crippen molar-refractivity contribution in [2.75, 3.05) is 0 Å². The summed E-state index contributed by atoms with van der Waals surface area (Å²) in [5.41, 5.74) is 4.59. The second kappa shape index (κ2) is 7.25. The van der Waals surface area contributed by atoms with E-state index in [1.165, 1.54) is 19.3 Å². The lowest BCUT2D eigenvalue weighted by molar-refractivity contribution is -0.297. The van der Waals surface area contributed by atoms with Crippen molar-refractivity contribution in [2.45, 2.75) is 154 Å². The fraction of sp³-hybridized carbons (Fsp3) is 0.952. The van der Waals surface area contributed by atoms with Crippen LogP contribution in [0.2, 0.25) is 0 Å². The second-order valence-electron chi connectivity index (χ2n) is 21.9. The van der Waals surface area contributed by atoms with E-state index >= 15 is 0 Å². The minimum absolute atomic E-state index is 0.295. The third kappa shape index (κ3) is 2.74. The van der Waals surface area contributed by atoms with E-state index in [1.807, 2.05) is 0 Å². The first-order valence-electron chi connectivity index (χ1n) is 19.7. The topological polar surface area (TPSA) is 0 Å². The van der Waals surface area contributed by atoms with Gasteiger partial charge in [0.15, 0.2) is 0 Å². The van der Waals surface area contributed by atoms with Crippen LogP contribution in [0, 0.1) is 104 Å². The maximum atomic E-state index is 6.49. The fourth-order valence-electron chi connectivity index (χ4n) is 20.8. The Kier molecular flexibility index (Phi) is 4.27. The molecular formula is C42H58.